The van der Waals surface area contributed by atoms with Crippen LogP contribution in [0.4, 0.5) is 0 Å². The Balaban J connectivity index is 2.19. The van der Waals surface area contributed by atoms with E-state index < -0.39 is 0 Å². The summed E-state index contributed by atoms with van der Waals surface area (Å²) in [5, 5.41) is 3.50. The van der Waals surface area contributed by atoms with Crippen LogP contribution in [0.1, 0.15) is 35.1 Å². The molecule has 0 spiro atoms. The zero-order valence-electron chi connectivity index (χ0n) is 13.1. The fraction of sp³-hybridized carbons (Fsp3) is 0.368. The summed E-state index contributed by atoms with van der Waals surface area (Å²) in [7, 11) is 0. The molecule has 21 heavy (non-hydrogen) atoms. The van der Waals surface area contributed by atoms with E-state index in [-0.39, 0.29) is 0 Å². The maximum Gasteiger partial charge on any atom is 0.0175 e. The van der Waals surface area contributed by atoms with E-state index in [2.05, 4.69) is 84.5 Å². The van der Waals surface area contributed by atoms with Gasteiger partial charge in [0, 0.05) is 16.9 Å². The molecule has 0 aliphatic rings. The molecule has 2 aromatic rings. The molecular formula is C19H24BrN. The van der Waals surface area contributed by atoms with E-state index in [0.717, 1.165) is 24.0 Å². The van der Waals surface area contributed by atoms with Crippen LogP contribution in [0.25, 0.3) is 0 Å². The second-order valence-corrected chi connectivity index (χ2v) is 6.59. The Morgan fingerprint density at radius 2 is 1.71 bits per heavy atom. The van der Waals surface area contributed by atoms with Gasteiger partial charge >= 0.3 is 0 Å². The monoisotopic (exact) mass is 345 g/mol. The Kier molecular flexibility index (Phi) is 6.01. The highest BCUT2D eigenvalue weighted by Gasteiger charge is 2.12. The van der Waals surface area contributed by atoms with Crippen molar-refractivity contribution in [3.63, 3.8) is 0 Å². The normalized spacial score (nSPS) is 12.4. The van der Waals surface area contributed by atoms with Gasteiger partial charge in [0.25, 0.3) is 0 Å². The molecule has 0 aliphatic heterocycles. The van der Waals surface area contributed by atoms with Crippen LogP contribution in [-0.2, 0) is 6.42 Å². The highest BCUT2D eigenvalue weighted by atomic mass is 79.9. The minimum absolute atomic E-state index is 0.514. The van der Waals surface area contributed by atoms with Gasteiger partial charge in [0.05, 0.1) is 0 Å². The molecule has 1 atom stereocenters. The van der Waals surface area contributed by atoms with Crippen molar-refractivity contribution >= 4 is 15.9 Å². The van der Waals surface area contributed by atoms with Crippen molar-refractivity contribution in [2.45, 2.75) is 33.1 Å². The zero-order chi connectivity index (χ0) is 15.2. The second kappa shape index (κ2) is 7.77. The van der Waals surface area contributed by atoms with E-state index in [4.69, 9.17) is 0 Å². The molecule has 1 unspecified atom stereocenters. The van der Waals surface area contributed by atoms with Gasteiger partial charge in [0.2, 0.25) is 0 Å². The molecule has 0 saturated heterocycles. The lowest BCUT2D eigenvalue weighted by Gasteiger charge is -2.19. The number of hydrogen-bond donors (Lipinski definition) is 1. The van der Waals surface area contributed by atoms with Crippen LogP contribution in [0.3, 0.4) is 0 Å². The van der Waals surface area contributed by atoms with Crippen LogP contribution in [-0.4, -0.2) is 13.1 Å². The third-order valence-corrected chi connectivity index (χ3v) is 4.56. The van der Waals surface area contributed by atoms with Gasteiger partial charge in [-0.25, -0.2) is 0 Å². The molecule has 1 N–H and O–H groups in total. The van der Waals surface area contributed by atoms with E-state index in [0.29, 0.717) is 5.92 Å². The standard InChI is InChI=1S/C19H24BrN/c1-4-21-13-18(17-7-9-19(20)10-8-17)12-16-6-5-14(2)15(3)11-16/h5-11,18,21H,4,12-13H2,1-3H3. The summed E-state index contributed by atoms with van der Waals surface area (Å²) in [5.74, 6) is 0.514. The van der Waals surface area contributed by atoms with Gasteiger partial charge in [0.1, 0.15) is 0 Å². The summed E-state index contributed by atoms with van der Waals surface area (Å²) in [4.78, 5) is 0. The molecule has 0 fully saturated rings. The predicted octanol–water partition coefficient (Wildman–Crippen LogP) is 5.00. The van der Waals surface area contributed by atoms with Crippen LogP contribution < -0.4 is 5.32 Å². The lowest BCUT2D eigenvalue weighted by molar-refractivity contribution is 0.595. The molecule has 112 valence electrons. The summed E-state index contributed by atoms with van der Waals surface area (Å²) >= 11 is 3.52. The molecule has 2 aromatic carbocycles. The van der Waals surface area contributed by atoms with Gasteiger partial charge in [-0.15, -0.1) is 0 Å². The Hall–Kier alpha value is -1.12. The maximum atomic E-state index is 3.52. The molecule has 0 aromatic heterocycles. The number of hydrogen-bond acceptors (Lipinski definition) is 1. The van der Waals surface area contributed by atoms with Crippen molar-refractivity contribution in [2.24, 2.45) is 0 Å². The fourth-order valence-electron chi connectivity index (χ4n) is 2.58. The quantitative estimate of drug-likeness (QED) is 0.776. The fourth-order valence-corrected chi connectivity index (χ4v) is 2.84. The lowest BCUT2D eigenvalue weighted by Crippen LogP contribution is -2.22. The van der Waals surface area contributed by atoms with Crippen molar-refractivity contribution in [3.8, 4) is 0 Å². The Labute approximate surface area is 136 Å². The van der Waals surface area contributed by atoms with Crippen LogP contribution in [0, 0.1) is 13.8 Å². The van der Waals surface area contributed by atoms with Gasteiger partial charge in [-0.3, -0.25) is 0 Å². The van der Waals surface area contributed by atoms with E-state index in [9.17, 15) is 0 Å². The smallest absolute Gasteiger partial charge is 0.0175 e. The van der Waals surface area contributed by atoms with Crippen molar-refractivity contribution in [2.75, 3.05) is 13.1 Å². The number of benzene rings is 2. The molecular weight excluding hydrogens is 322 g/mol. The van der Waals surface area contributed by atoms with Crippen LogP contribution in [0.5, 0.6) is 0 Å². The molecule has 0 amide bonds. The van der Waals surface area contributed by atoms with E-state index in [1.165, 1.54) is 22.3 Å². The highest BCUT2D eigenvalue weighted by Crippen LogP contribution is 2.23. The van der Waals surface area contributed by atoms with Gasteiger partial charge in [-0.2, -0.15) is 0 Å². The third-order valence-electron chi connectivity index (χ3n) is 4.04. The Bertz CT molecular complexity index is 575. The Morgan fingerprint density at radius 1 is 1.00 bits per heavy atom. The van der Waals surface area contributed by atoms with Crippen molar-refractivity contribution < 1.29 is 0 Å². The predicted molar refractivity (Wildman–Crippen MR) is 95.0 cm³/mol. The van der Waals surface area contributed by atoms with Crippen LogP contribution in [0.15, 0.2) is 46.9 Å². The van der Waals surface area contributed by atoms with E-state index in [1.807, 2.05) is 0 Å². The number of likely N-dealkylation sites (N-methyl/N-ethyl adjacent to an activating group) is 1. The lowest BCUT2D eigenvalue weighted by atomic mass is 9.90. The first-order chi connectivity index (χ1) is 10.1. The third kappa shape index (κ3) is 4.69. The summed E-state index contributed by atoms with van der Waals surface area (Å²) in [5.41, 5.74) is 5.57. The van der Waals surface area contributed by atoms with Crippen LogP contribution in [0.2, 0.25) is 0 Å². The highest BCUT2D eigenvalue weighted by molar-refractivity contribution is 9.10. The first-order valence-corrected chi connectivity index (χ1v) is 8.41. The van der Waals surface area contributed by atoms with Gasteiger partial charge in [-0.1, -0.05) is 53.2 Å². The summed E-state index contributed by atoms with van der Waals surface area (Å²) < 4.78 is 1.14. The molecule has 0 saturated carbocycles. The summed E-state index contributed by atoms with van der Waals surface area (Å²) in [6, 6.07) is 15.5. The zero-order valence-corrected chi connectivity index (χ0v) is 14.7. The largest absolute Gasteiger partial charge is 0.316 e. The average molecular weight is 346 g/mol. The number of nitrogens with one attached hydrogen (secondary N) is 1. The maximum absolute atomic E-state index is 3.52. The van der Waals surface area contributed by atoms with Gasteiger partial charge in [-0.05, 0) is 61.2 Å². The second-order valence-electron chi connectivity index (χ2n) is 5.68. The minimum atomic E-state index is 0.514. The minimum Gasteiger partial charge on any atom is -0.316 e. The van der Waals surface area contributed by atoms with E-state index in [1.54, 1.807) is 0 Å². The Morgan fingerprint density at radius 3 is 2.33 bits per heavy atom. The number of halogens is 1. The molecule has 0 radical (unpaired) electrons. The first kappa shape index (κ1) is 16.3. The SMILES string of the molecule is CCNCC(Cc1ccc(C)c(C)c1)c1ccc(Br)cc1. The van der Waals surface area contributed by atoms with E-state index >= 15 is 0 Å². The number of aryl methyl sites for hydroxylation is 2. The first-order valence-electron chi connectivity index (χ1n) is 7.62. The molecule has 0 heterocycles. The number of rotatable bonds is 6. The molecule has 2 heteroatoms. The van der Waals surface area contributed by atoms with Gasteiger partial charge in [0.15, 0.2) is 0 Å². The van der Waals surface area contributed by atoms with Crippen molar-refractivity contribution in [3.05, 3.63) is 69.2 Å². The molecule has 0 bridgehead atoms. The van der Waals surface area contributed by atoms with Crippen LogP contribution >= 0.6 is 15.9 Å². The molecule has 2 rings (SSSR count). The molecule has 1 nitrogen and oxygen atoms in total. The van der Waals surface area contributed by atoms with Gasteiger partial charge < -0.3 is 5.32 Å². The summed E-state index contributed by atoms with van der Waals surface area (Å²) in [6.07, 6.45) is 1.08. The van der Waals surface area contributed by atoms with Crippen molar-refractivity contribution in [1.82, 2.24) is 5.32 Å². The average Bonchev–Trinajstić information content (AvgIpc) is 2.48. The topological polar surface area (TPSA) is 12.0 Å². The summed E-state index contributed by atoms with van der Waals surface area (Å²) in [6.45, 7) is 8.56. The van der Waals surface area contributed by atoms with Crippen molar-refractivity contribution in [1.29, 1.82) is 0 Å². The molecule has 0 aliphatic carbocycles.